The van der Waals surface area contributed by atoms with Crippen LogP contribution in [0, 0.1) is 0 Å². The summed E-state index contributed by atoms with van der Waals surface area (Å²) in [7, 11) is 0. The number of hydrogen-bond acceptors (Lipinski definition) is 6. The Morgan fingerprint density at radius 2 is 2.25 bits per heavy atom. The number of thioether (sulfide) groups is 2. The zero-order valence-electron chi connectivity index (χ0n) is 9.35. The molecule has 0 radical (unpaired) electrons. The molecular weight excluding hydrogens is 240 g/mol. The first-order valence-corrected chi connectivity index (χ1v) is 7.69. The molecule has 0 saturated carbocycles. The van der Waals surface area contributed by atoms with Crippen LogP contribution in [0.1, 0.15) is 6.42 Å². The Kier molecular flexibility index (Phi) is 4.17. The third-order valence-electron chi connectivity index (χ3n) is 2.44. The van der Waals surface area contributed by atoms with E-state index in [1.54, 1.807) is 0 Å². The SMILES string of the molecule is CSc1nc(N)cc(N2CCCSCC2)n1. The van der Waals surface area contributed by atoms with Crippen molar-refractivity contribution in [1.29, 1.82) is 0 Å². The first kappa shape index (κ1) is 11.9. The van der Waals surface area contributed by atoms with E-state index >= 15 is 0 Å². The van der Waals surface area contributed by atoms with Gasteiger partial charge in [0.05, 0.1) is 0 Å². The van der Waals surface area contributed by atoms with Gasteiger partial charge in [-0.15, -0.1) is 0 Å². The maximum absolute atomic E-state index is 5.78. The average Bonchev–Trinajstić information content (AvgIpc) is 2.56. The van der Waals surface area contributed by atoms with Gasteiger partial charge in [-0.1, -0.05) is 11.8 Å². The molecule has 0 amide bonds. The zero-order chi connectivity index (χ0) is 11.4. The van der Waals surface area contributed by atoms with E-state index in [0.29, 0.717) is 5.82 Å². The molecule has 16 heavy (non-hydrogen) atoms. The number of nitrogens with two attached hydrogens (primary N) is 1. The highest BCUT2D eigenvalue weighted by Crippen LogP contribution is 2.21. The molecule has 6 heteroatoms. The normalized spacial score (nSPS) is 17.2. The standard InChI is InChI=1S/C10H16N4S2/c1-15-10-12-8(11)7-9(13-10)14-3-2-5-16-6-4-14/h7H,2-6H2,1H3,(H2,11,12,13). The van der Waals surface area contributed by atoms with Gasteiger partial charge in [-0.05, 0) is 18.4 Å². The van der Waals surface area contributed by atoms with E-state index in [-0.39, 0.29) is 0 Å². The van der Waals surface area contributed by atoms with Crippen LogP contribution in [0.5, 0.6) is 0 Å². The molecular formula is C10H16N4S2. The summed E-state index contributed by atoms with van der Waals surface area (Å²) < 4.78 is 0. The van der Waals surface area contributed by atoms with Crippen molar-refractivity contribution in [3.05, 3.63) is 6.07 Å². The average molecular weight is 256 g/mol. The second kappa shape index (κ2) is 5.63. The first-order valence-electron chi connectivity index (χ1n) is 5.31. The fourth-order valence-electron chi connectivity index (χ4n) is 1.66. The van der Waals surface area contributed by atoms with Crippen LogP contribution in [0.4, 0.5) is 11.6 Å². The van der Waals surface area contributed by atoms with Crippen LogP contribution >= 0.6 is 23.5 Å². The van der Waals surface area contributed by atoms with Gasteiger partial charge >= 0.3 is 0 Å². The predicted octanol–water partition coefficient (Wildman–Crippen LogP) is 1.72. The molecule has 2 N–H and O–H groups in total. The molecule has 0 spiro atoms. The minimum Gasteiger partial charge on any atom is -0.383 e. The molecule has 1 fully saturated rings. The summed E-state index contributed by atoms with van der Waals surface area (Å²) in [4.78, 5) is 11.0. The van der Waals surface area contributed by atoms with E-state index in [2.05, 4.69) is 14.9 Å². The molecule has 1 aliphatic heterocycles. The van der Waals surface area contributed by atoms with Crippen LogP contribution in [0.3, 0.4) is 0 Å². The topological polar surface area (TPSA) is 55.0 Å². The third-order valence-corrected chi connectivity index (χ3v) is 4.04. The molecule has 88 valence electrons. The Morgan fingerprint density at radius 1 is 1.38 bits per heavy atom. The number of anilines is 2. The molecule has 4 nitrogen and oxygen atoms in total. The Hall–Kier alpha value is -0.620. The van der Waals surface area contributed by atoms with E-state index in [1.165, 1.54) is 29.7 Å². The summed E-state index contributed by atoms with van der Waals surface area (Å²) >= 11 is 3.54. The number of hydrogen-bond donors (Lipinski definition) is 1. The zero-order valence-corrected chi connectivity index (χ0v) is 11.0. The van der Waals surface area contributed by atoms with E-state index in [4.69, 9.17) is 5.73 Å². The van der Waals surface area contributed by atoms with Crippen molar-refractivity contribution in [3.63, 3.8) is 0 Å². The lowest BCUT2D eigenvalue weighted by molar-refractivity contribution is 0.786. The van der Waals surface area contributed by atoms with Crippen LogP contribution in [-0.2, 0) is 0 Å². The lowest BCUT2D eigenvalue weighted by atomic mass is 10.4. The second-order valence-corrected chi connectivity index (χ2v) is 5.59. The maximum Gasteiger partial charge on any atom is 0.191 e. The summed E-state index contributed by atoms with van der Waals surface area (Å²) in [5.74, 6) is 3.94. The van der Waals surface area contributed by atoms with Crippen molar-refractivity contribution < 1.29 is 0 Å². The Morgan fingerprint density at radius 3 is 3.06 bits per heavy atom. The van der Waals surface area contributed by atoms with Crippen LogP contribution in [0.25, 0.3) is 0 Å². The largest absolute Gasteiger partial charge is 0.383 e. The van der Waals surface area contributed by atoms with Crippen molar-refractivity contribution in [1.82, 2.24) is 9.97 Å². The van der Waals surface area contributed by atoms with Crippen LogP contribution < -0.4 is 10.6 Å². The molecule has 0 bridgehead atoms. The molecule has 1 saturated heterocycles. The molecule has 1 aromatic heterocycles. The molecule has 2 rings (SSSR count). The molecule has 0 aromatic carbocycles. The summed E-state index contributed by atoms with van der Waals surface area (Å²) in [6.07, 6.45) is 3.18. The van der Waals surface area contributed by atoms with Crippen LogP contribution in [0.2, 0.25) is 0 Å². The highest BCUT2D eigenvalue weighted by Gasteiger charge is 2.12. The van der Waals surface area contributed by atoms with Gasteiger partial charge in [0.1, 0.15) is 11.6 Å². The fourth-order valence-corrected chi connectivity index (χ4v) is 2.93. The first-order chi connectivity index (χ1) is 7.79. The van der Waals surface area contributed by atoms with Gasteiger partial charge in [0.15, 0.2) is 5.16 Å². The minimum atomic E-state index is 0.561. The third kappa shape index (κ3) is 2.95. The number of rotatable bonds is 2. The van der Waals surface area contributed by atoms with Gasteiger partial charge in [-0.2, -0.15) is 11.8 Å². The maximum atomic E-state index is 5.78. The summed E-state index contributed by atoms with van der Waals surface area (Å²) in [5, 5.41) is 0.756. The van der Waals surface area contributed by atoms with E-state index in [9.17, 15) is 0 Å². The fraction of sp³-hybridized carbons (Fsp3) is 0.600. The quantitative estimate of drug-likeness (QED) is 0.642. The lowest BCUT2D eigenvalue weighted by Gasteiger charge is -2.21. The number of nitrogens with zero attached hydrogens (tertiary/aromatic N) is 3. The summed E-state index contributed by atoms with van der Waals surface area (Å²) in [5.41, 5.74) is 5.78. The molecule has 2 heterocycles. The van der Waals surface area contributed by atoms with Crippen molar-refractivity contribution in [2.75, 3.05) is 41.5 Å². The number of nitrogen functional groups attached to an aromatic ring is 1. The molecule has 0 aliphatic carbocycles. The Balaban J connectivity index is 2.20. The van der Waals surface area contributed by atoms with Crippen molar-refractivity contribution in [2.45, 2.75) is 11.6 Å². The highest BCUT2D eigenvalue weighted by atomic mass is 32.2. The number of aromatic nitrogens is 2. The van der Waals surface area contributed by atoms with Crippen LogP contribution in [-0.4, -0.2) is 40.8 Å². The van der Waals surface area contributed by atoms with Gasteiger partial charge < -0.3 is 10.6 Å². The van der Waals surface area contributed by atoms with Gasteiger partial charge in [0.2, 0.25) is 0 Å². The highest BCUT2D eigenvalue weighted by molar-refractivity contribution is 7.99. The molecule has 0 unspecified atom stereocenters. The van der Waals surface area contributed by atoms with Gasteiger partial charge in [-0.3, -0.25) is 0 Å². The lowest BCUT2D eigenvalue weighted by Crippen LogP contribution is -2.26. The van der Waals surface area contributed by atoms with Crippen LogP contribution in [0.15, 0.2) is 11.2 Å². The van der Waals surface area contributed by atoms with E-state index < -0.39 is 0 Å². The van der Waals surface area contributed by atoms with Crippen molar-refractivity contribution in [2.24, 2.45) is 0 Å². The van der Waals surface area contributed by atoms with E-state index in [0.717, 1.165) is 24.1 Å². The summed E-state index contributed by atoms with van der Waals surface area (Å²) in [6, 6.07) is 1.87. The minimum absolute atomic E-state index is 0.561. The second-order valence-electron chi connectivity index (χ2n) is 3.59. The predicted molar refractivity (Wildman–Crippen MR) is 72.4 cm³/mol. The Labute approximate surface area is 104 Å². The Bertz CT molecular complexity index is 351. The summed E-state index contributed by atoms with van der Waals surface area (Å²) in [6.45, 7) is 2.12. The van der Waals surface area contributed by atoms with Gasteiger partial charge in [0.25, 0.3) is 0 Å². The molecule has 1 aromatic rings. The molecule has 1 aliphatic rings. The van der Waals surface area contributed by atoms with Crippen molar-refractivity contribution >= 4 is 35.2 Å². The molecule has 0 atom stereocenters. The van der Waals surface area contributed by atoms with Gasteiger partial charge in [0, 0.05) is 24.9 Å². The monoisotopic (exact) mass is 256 g/mol. The smallest absolute Gasteiger partial charge is 0.191 e. The van der Waals surface area contributed by atoms with E-state index in [1.807, 2.05) is 24.1 Å². The van der Waals surface area contributed by atoms with Crippen molar-refractivity contribution in [3.8, 4) is 0 Å². The van der Waals surface area contributed by atoms with Gasteiger partial charge in [-0.25, -0.2) is 9.97 Å².